The fourth-order valence-corrected chi connectivity index (χ4v) is 2.45. The van der Waals surface area contributed by atoms with Crippen molar-refractivity contribution in [1.29, 1.82) is 0 Å². The smallest absolute Gasteiger partial charge is 0.331 e. The fraction of sp³-hybridized carbons (Fsp3) is 0.273. The third-order valence-corrected chi connectivity index (χ3v) is 3.63. The molecule has 2 rings (SSSR count). The highest BCUT2D eigenvalue weighted by Gasteiger charge is 2.10. The molecule has 1 amide bonds. The number of amides is 1. The average Bonchev–Trinajstić information content (AvgIpc) is 2.67. The second-order valence-corrected chi connectivity index (χ2v) is 5.93. The van der Waals surface area contributed by atoms with E-state index in [-0.39, 0.29) is 6.61 Å². The molecule has 0 spiro atoms. The lowest BCUT2D eigenvalue weighted by Crippen LogP contribution is -2.20. The Kier molecular flexibility index (Phi) is 8.09. The van der Waals surface area contributed by atoms with Crippen LogP contribution in [-0.2, 0) is 14.3 Å². The average molecular weight is 383 g/mol. The Morgan fingerprint density at radius 1 is 1.00 bits per heavy atom. The van der Waals surface area contributed by atoms with Crippen molar-refractivity contribution in [2.45, 2.75) is 20.8 Å². The maximum atomic E-state index is 12.0. The third kappa shape index (κ3) is 6.79. The fourth-order valence-electron chi connectivity index (χ4n) is 2.45. The summed E-state index contributed by atoms with van der Waals surface area (Å²) in [7, 11) is 0. The zero-order valence-electron chi connectivity index (χ0n) is 16.4. The summed E-state index contributed by atoms with van der Waals surface area (Å²) in [6.45, 7) is 6.32. The Hall–Kier alpha value is -3.28. The SMILES string of the molecule is CCOc1ccc(NC(=O)COC(=O)/C=C/c2cccc(C)c2)cc1OCC. The zero-order valence-corrected chi connectivity index (χ0v) is 16.4. The number of rotatable bonds is 9. The van der Waals surface area contributed by atoms with E-state index in [2.05, 4.69) is 5.32 Å². The molecule has 0 saturated heterocycles. The van der Waals surface area contributed by atoms with E-state index in [9.17, 15) is 9.59 Å². The van der Waals surface area contributed by atoms with Gasteiger partial charge in [-0.05, 0) is 44.5 Å². The first-order valence-electron chi connectivity index (χ1n) is 9.12. The van der Waals surface area contributed by atoms with Crippen LogP contribution in [0.15, 0.2) is 48.5 Å². The number of benzene rings is 2. The van der Waals surface area contributed by atoms with Gasteiger partial charge in [-0.25, -0.2) is 4.79 Å². The summed E-state index contributed by atoms with van der Waals surface area (Å²) in [6.07, 6.45) is 2.94. The van der Waals surface area contributed by atoms with Crippen molar-refractivity contribution < 1.29 is 23.8 Å². The second-order valence-electron chi connectivity index (χ2n) is 5.93. The van der Waals surface area contributed by atoms with Gasteiger partial charge < -0.3 is 19.5 Å². The molecule has 0 unspecified atom stereocenters. The van der Waals surface area contributed by atoms with Crippen LogP contribution in [0.25, 0.3) is 6.08 Å². The number of nitrogens with one attached hydrogen (secondary N) is 1. The number of ether oxygens (including phenoxy) is 3. The van der Waals surface area contributed by atoms with Crippen LogP contribution in [0.2, 0.25) is 0 Å². The van der Waals surface area contributed by atoms with E-state index in [1.54, 1.807) is 24.3 Å². The molecular formula is C22H25NO5. The van der Waals surface area contributed by atoms with Crippen LogP contribution in [0.3, 0.4) is 0 Å². The standard InChI is InChI=1S/C22H25NO5/c1-4-26-19-11-10-18(14-20(19)27-5-2)23-21(24)15-28-22(25)12-9-17-8-6-7-16(3)13-17/h6-14H,4-5,15H2,1-3H3,(H,23,24)/b12-9+. The van der Waals surface area contributed by atoms with Crippen molar-refractivity contribution in [2.75, 3.05) is 25.1 Å². The molecule has 0 bridgehead atoms. The molecule has 0 atom stereocenters. The van der Waals surface area contributed by atoms with Crippen LogP contribution in [0.5, 0.6) is 11.5 Å². The first-order chi connectivity index (χ1) is 13.5. The minimum absolute atomic E-state index is 0.381. The van der Waals surface area contributed by atoms with Crippen LogP contribution in [0, 0.1) is 6.92 Å². The van der Waals surface area contributed by atoms with Crippen LogP contribution in [-0.4, -0.2) is 31.7 Å². The summed E-state index contributed by atoms with van der Waals surface area (Å²) < 4.78 is 16.0. The predicted octanol–water partition coefficient (Wildman–Crippen LogP) is 3.99. The van der Waals surface area contributed by atoms with Crippen molar-refractivity contribution >= 4 is 23.6 Å². The van der Waals surface area contributed by atoms with Crippen molar-refractivity contribution in [3.63, 3.8) is 0 Å². The summed E-state index contributed by atoms with van der Waals surface area (Å²) in [5.41, 5.74) is 2.51. The van der Waals surface area contributed by atoms with Gasteiger partial charge in [0.2, 0.25) is 0 Å². The number of hydrogen-bond donors (Lipinski definition) is 1. The molecule has 0 saturated carbocycles. The molecule has 0 radical (unpaired) electrons. The van der Waals surface area contributed by atoms with Gasteiger partial charge in [0.1, 0.15) is 0 Å². The topological polar surface area (TPSA) is 73.9 Å². The molecule has 1 N–H and O–H groups in total. The van der Waals surface area contributed by atoms with E-state index in [1.807, 2.05) is 45.0 Å². The zero-order chi connectivity index (χ0) is 20.4. The van der Waals surface area contributed by atoms with Gasteiger partial charge >= 0.3 is 5.97 Å². The summed E-state index contributed by atoms with van der Waals surface area (Å²) in [4.78, 5) is 23.8. The summed E-state index contributed by atoms with van der Waals surface area (Å²) in [6, 6.07) is 12.8. The molecule has 2 aromatic carbocycles. The Morgan fingerprint density at radius 3 is 2.46 bits per heavy atom. The van der Waals surface area contributed by atoms with Gasteiger partial charge in [0.15, 0.2) is 18.1 Å². The van der Waals surface area contributed by atoms with E-state index in [1.165, 1.54) is 6.08 Å². The Balaban J connectivity index is 1.87. The lowest BCUT2D eigenvalue weighted by atomic mass is 10.1. The minimum Gasteiger partial charge on any atom is -0.490 e. The molecule has 0 aliphatic carbocycles. The predicted molar refractivity (Wildman–Crippen MR) is 109 cm³/mol. The minimum atomic E-state index is -0.585. The maximum Gasteiger partial charge on any atom is 0.331 e. The van der Waals surface area contributed by atoms with E-state index in [0.717, 1.165) is 11.1 Å². The van der Waals surface area contributed by atoms with Gasteiger partial charge in [0.05, 0.1) is 13.2 Å². The molecule has 6 nitrogen and oxygen atoms in total. The summed E-state index contributed by atoms with van der Waals surface area (Å²) in [5.74, 6) is 0.123. The molecule has 0 heterocycles. The summed E-state index contributed by atoms with van der Waals surface area (Å²) >= 11 is 0. The lowest BCUT2D eigenvalue weighted by molar-refractivity contribution is -0.142. The summed E-state index contributed by atoms with van der Waals surface area (Å²) in [5, 5.41) is 2.67. The highest BCUT2D eigenvalue weighted by atomic mass is 16.5. The number of hydrogen-bond acceptors (Lipinski definition) is 5. The highest BCUT2D eigenvalue weighted by molar-refractivity contribution is 5.94. The quantitative estimate of drug-likeness (QED) is 0.524. The van der Waals surface area contributed by atoms with Crippen molar-refractivity contribution in [3.8, 4) is 11.5 Å². The number of esters is 1. The van der Waals surface area contributed by atoms with Crippen molar-refractivity contribution in [3.05, 3.63) is 59.7 Å². The number of carbonyl (C=O) groups is 2. The Morgan fingerprint density at radius 2 is 1.75 bits per heavy atom. The largest absolute Gasteiger partial charge is 0.490 e. The molecule has 6 heteroatoms. The van der Waals surface area contributed by atoms with Gasteiger partial charge in [0.25, 0.3) is 5.91 Å². The number of aryl methyl sites for hydroxylation is 1. The Bertz CT molecular complexity index is 845. The van der Waals surface area contributed by atoms with Gasteiger partial charge in [-0.2, -0.15) is 0 Å². The molecular weight excluding hydrogens is 358 g/mol. The van der Waals surface area contributed by atoms with Gasteiger partial charge in [0, 0.05) is 17.8 Å². The second kappa shape index (κ2) is 10.8. The molecule has 148 valence electrons. The van der Waals surface area contributed by atoms with E-state index >= 15 is 0 Å². The van der Waals surface area contributed by atoms with Crippen LogP contribution in [0.4, 0.5) is 5.69 Å². The van der Waals surface area contributed by atoms with Crippen LogP contribution >= 0.6 is 0 Å². The molecule has 2 aromatic rings. The van der Waals surface area contributed by atoms with E-state index < -0.39 is 11.9 Å². The molecule has 0 fully saturated rings. The molecule has 0 aliphatic heterocycles. The Labute approximate surface area is 165 Å². The molecule has 0 aromatic heterocycles. The van der Waals surface area contributed by atoms with Crippen LogP contribution in [0.1, 0.15) is 25.0 Å². The monoisotopic (exact) mass is 383 g/mol. The van der Waals surface area contributed by atoms with E-state index in [4.69, 9.17) is 14.2 Å². The number of anilines is 1. The first-order valence-corrected chi connectivity index (χ1v) is 9.12. The maximum absolute atomic E-state index is 12.0. The molecule has 0 aliphatic rings. The first kappa shape index (κ1) is 21.0. The van der Waals surface area contributed by atoms with Crippen molar-refractivity contribution in [2.24, 2.45) is 0 Å². The lowest BCUT2D eigenvalue weighted by Gasteiger charge is -2.13. The van der Waals surface area contributed by atoms with Gasteiger partial charge in [-0.15, -0.1) is 0 Å². The number of carbonyl (C=O) groups excluding carboxylic acids is 2. The third-order valence-electron chi connectivity index (χ3n) is 3.63. The van der Waals surface area contributed by atoms with Gasteiger partial charge in [-0.1, -0.05) is 29.8 Å². The molecule has 28 heavy (non-hydrogen) atoms. The van der Waals surface area contributed by atoms with Crippen molar-refractivity contribution in [1.82, 2.24) is 0 Å². The van der Waals surface area contributed by atoms with Crippen LogP contribution < -0.4 is 14.8 Å². The van der Waals surface area contributed by atoms with Gasteiger partial charge in [-0.3, -0.25) is 4.79 Å². The highest BCUT2D eigenvalue weighted by Crippen LogP contribution is 2.30. The normalized spacial score (nSPS) is 10.5. The van der Waals surface area contributed by atoms with E-state index in [0.29, 0.717) is 30.4 Å².